The van der Waals surface area contributed by atoms with Gasteiger partial charge in [0.25, 0.3) is 0 Å². The van der Waals surface area contributed by atoms with Gasteiger partial charge in [-0.15, -0.1) is 0 Å². The number of ketones is 1. The van der Waals surface area contributed by atoms with Gasteiger partial charge >= 0.3 is 5.97 Å². The number of carbonyl (C=O) groups excluding carboxylic acids is 1. The average Bonchev–Trinajstić information content (AvgIpc) is 3.26. The van der Waals surface area contributed by atoms with Crippen molar-refractivity contribution in [3.8, 4) is 0 Å². The fraction of sp³-hybridized carbons (Fsp3) is 0.0588. The molecule has 2 aromatic heterocycles. The highest BCUT2D eigenvalue weighted by atomic mass is 19.1. The van der Waals surface area contributed by atoms with E-state index >= 15 is 0 Å². The van der Waals surface area contributed by atoms with Crippen LogP contribution < -0.4 is 0 Å². The SMILES string of the molecule is O=C(C=C(O)c1cc(C(=O)O)n(Cc2ccccc2F)c1)c1ncn[nH]1. The Bertz CT molecular complexity index is 992. The van der Waals surface area contributed by atoms with Crippen LogP contribution in [0.15, 0.2) is 48.9 Å². The van der Waals surface area contributed by atoms with Crippen molar-refractivity contribution in [2.75, 3.05) is 0 Å². The Balaban J connectivity index is 1.93. The lowest BCUT2D eigenvalue weighted by Crippen LogP contribution is -2.09. The molecule has 0 aliphatic carbocycles. The topological polar surface area (TPSA) is 121 Å². The number of carboxylic acid groups (broad SMARTS) is 1. The van der Waals surface area contributed by atoms with E-state index in [9.17, 15) is 24.2 Å². The molecule has 0 amide bonds. The Labute approximate surface area is 146 Å². The molecule has 3 rings (SSSR count). The summed E-state index contributed by atoms with van der Waals surface area (Å²) < 4.78 is 15.1. The largest absolute Gasteiger partial charge is 0.507 e. The van der Waals surface area contributed by atoms with E-state index in [0.717, 1.165) is 12.4 Å². The van der Waals surface area contributed by atoms with Gasteiger partial charge in [-0.3, -0.25) is 9.89 Å². The number of aromatic nitrogens is 4. The maximum absolute atomic E-state index is 13.8. The molecular weight excluding hydrogens is 343 g/mol. The number of benzene rings is 1. The third-order valence-electron chi connectivity index (χ3n) is 3.63. The molecule has 0 saturated heterocycles. The van der Waals surface area contributed by atoms with Gasteiger partial charge in [0.1, 0.15) is 23.6 Å². The summed E-state index contributed by atoms with van der Waals surface area (Å²) in [5, 5.41) is 25.4. The fourth-order valence-electron chi connectivity index (χ4n) is 2.37. The van der Waals surface area contributed by atoms with Gasteiger partial charge in [-0.05, 0) is 12.1 Å². The monoisotopic (exact) mass is 356 g/mol. The molecule has 0 fully saturated rings. The van der Waals surface area contributed by atoms with Crippen LogP contribution in [0.2, 0.25) is 0 Å². The van der Waals surface area contributed by atoms with Gasteiger partial charge in [0, 0.05) is 23.4 Å². The number of carboxylic acids is 1. The Kier molecular flexibility index (Phi) is 4.61. The van der Waals surface area contributed by atoms with E-state index in [1.807, 2.05) is 0 Å². The number of hydrogen-bond donors (Lipinski definition) is 3. The lowest BCUT2D eigenvalue weighted by molar-refractivity contribution is 0.0685. The van der Waals surface area contributed by atoms with Crippen molar-refractivity contribution < 1.29 is 24.2 Å². The van der Waals surface area contributed by atoms with Crippen LogP contribution in [0.25, 0.3) is 5.76 Å². The van der Waals surface area contributed by atoms with Crippen molar-refractivity contribution in [2.45, 2.75) is 6.54 Å². The zero-order valence-corrected chi connectivity index (χ0v) is 13.3. The van der Waals surface area contributed by atoms with Gasteiger partial charge in [-0.1, -0.05) is 18.2 Å². The number of aliphatic hydroxyl groups excluding tert-OH is 1. The Morgan fingerprint density at radius 1 is 1.27 bits per heavy atom. The Hall–Kier alpha value is -3.75. The first kappa shape index (κ1) is 17.1. The lowest BCUT2D eigenvalue weighted by atomic mass is 10.2. The van der Waals surface area contributed by atoms with E-state index in [1.54, 1.807) is 6.07 Å². The summed E-state index contributed by atoms with van der Waals surface area (Å²) in [7, 11) is 0. The molecule has 9 heteroatoms. The Morgan fingerprint density at radius 2 is 2.04 bits per heavy atom. The molecule has 3 N–H and O–H groups in total. The summed E-state index contributed by atoms with van der Waals surface area (Å²) in [6.07, 6.45) is 3.37. The number of nitrogens with one attached hydrogen (secondary N) is 1. The average molecular weight is 356 g/mol. The molecule has 0 aliphatic rings. The van der Waals surface area contributed by atoms with Crippen LogP contribution in [0.4, 0.5) is 4.39 Å². The van der Waals surface area contributed by atoms with E-state index in [4.69, 9.17) is 0 Å². The van der Waals surface area contributed by atoms with Crippen LogP contribution in [0.1, 0.15) is 32.2 Å². The summed E-state index contributed by atoms with van der Waals surface area (Å²) in [5.41, 5.74) is 0.236. The zero-order valence-electron chi connectivity index (χ0n) is 13.3. The molecule has 0 aliphatic heterocycles. The van der Waals surface area contributed by atoms with Gasteiger partial charge in [0.05, 0.1) is 6.54 Å². The summed E-state index contributed by atoms with van der Waals surface area (Å²) in [6.45, 7) is -0.0440. The van der Waals surface area contributed by atoms with E-state index in [2.05, 4.69) is 15.2 Å². The van der Waals surface area contributed by atoms with E-state index in [0.29, 0.717) is 5.56 Å². The van der Waals surface area contributed by atoms with Crippen molar-refractivity contribution in [1.82, 2.24) is 19.7 Å². The summed E-state index contributed by atoms with van der Waals surface area (Å²) in [4.78, 5) is 27.0. The van der Waals surface area contributed by atoms with Gasteiger partial charge in [-0.25, -0.2) is 14.2 Å². The molecule has 132 valence electrons. The first-order valence-electron chi connectivity index (χ1n) is 7.43. The maximum Gasteiger partial charge on any atom is 0.352 e. The van der Waals surface area contributed by atoms with Crippen LogP contribution in [-0.2, 0) is 6.54 Å². The van der Waals surface area contributed by atoms with Crippen molar-refractivity contribution in [3.63, 3.8) is 0 Å². The third kappa shape index (κ3) is 3.51. The number of rotatable bonds is 6. The second kappa shape index (κ2) is 7.01. The van der Waals surface area contributed by atoms with Crippen LogP contribution in [0.5, 0.6) is 0 Å². The number of carbonyl (C=O) groups is 2. The third-order valence-corrected chi connectivity index (χ3v) is 3.63. The van der Waals surface area contributed by atoms with Crippen molar-refractivity contribution in [3.05, 3.63) is 77.4 Å². The molecule has 0 saturated carbocycles. The van der Waals surface area contributed by atoms with Crippen molar-refractivity contribution in [1.29, 1.82) is 0 Å². The van der Waals surface area contributed by atoms with Gasteiger partial charge < -0.3 is 14.8 Å². The second-order valence-electron chi connectivity index (χ2n) is 5.37. The highest BCUT2D eigenvalue weighted by molar-refractivity contribution is 6.05. The molecule has 0 unspecified atom stereocenters. The standard InChI is InChI=1S/C17H13FN4O4/c18-12-4-2-1-3-10(12)7-22-8-11(5-13(22)17(25)26)14(23)6-15(24)16-19-9-20-21-16/h1-6,8-9,23H,7H2,(H,25,26)(H,19,20,21). The summed E-state index contributed by atoms with van der Waals surface area (Å²) >= 11 is 0. The van der Waals surface area contributed by atoms with Gasteiger partial charge in [-0.2, -0.15) is 5.10 Å². The Morgan fingerprint density at radius 3 is 2.69 bits per heavy atom. The number of hydrogen-bond acceptors (Lipinski definition) is 5. The van der Waals surface area contributed by atoms with E-state index in [1.165, 1.54) is 35.0 Å². The number of aromatic carboxylic acids is 1. The van der Waals surface area contributed by atoms with E-state index in [-0.39, 0.29) is 23.6 Å². The van der Waals surface area contributed by atoms with Crippen LogP contribution in [-0.4, -0.2) is 41.7 Å². The molecule has 0 bridgehead atoms. The lowest BCUT2D eigenvalue weighted by Gasteiger charge is -2.07. The molecule has 0 radical (unpaired) electrons. The minimum Gasteiger partial charge on any atom is -0.507 e. The molecule has 2 heterocycles. The maximum atomic E-state index is 13.8. The normalized spacial score (nSPS) is 11.5. The highest BCUT2D eigenvalue weighted by Crippen LogP contribution is 2.19. The zero-order chi connectivity index (χ0) is 18.7. The first-order valence-corrected chi connectivity index (χ1v) is 7.43. The number of aromatic amines is 1. The highest BCUT2D eigenvalue weighted by Gasteiger charge is 2.17. The minimum absolute atomic E-state index is 0.0440. The van der Waals surface area contributed by atoms with Crippen molar-refractivity contribution >= 4 is 17.5 Å². The number of H-pyrrole nitrogens is 1. The fourth-order valence-corrected chi connectivity index (χ4v) is 2.37. The molecule has 0 spiro atoms. The predicted molar refractivity (Wildman–Crippen MR) is 88.2 cm³/mol. The molecule has 3 aromatic rings. The number of aliphatic hydroxyl groups is 1. The summed E-state index contributed by atoms with van der Waals surface area (Å²) in [6, 6.07) is 7.17. The van der Waals surface area contributed by atoms with Crippen LogP contribution >= 0.6 is 0 Å². The van der Waals surface area contributed by atoms with Crippen molar-refractivity contribution in [2.24, 2.45) is 0 Å². The number of nitrogens with zero attached hydrogens (tertiary/aromatic N) is 3. The molecular formula is C17H13FN4O4. The molecule has 8 nitrogen and oxygen atoms in total. The quantitative estimate of drug-likeness (QED) is 0.354. The van der Waals surface area contributed by atoms with Crippen LogP contribution in [0, 0.1) is 5.82 Å². The molecule has 0 atom stereocenters. The molecule has 26 heavy (non-hydrogen) atoms. The number of halogens is 1. The second-order valence-corrected chi connectivity index (χ2v) is 5.37. The molecule has 1 aromatic carbocycles. The van der Waals surface area contributed by atoms with E-state index < -0.39 is 23.3 Å². The smallest absolute Gasteiger partial charge is 0.352 e. The minimum atomic E-state index is -1.25. The summed E-state index contributed by atoms with van der Waals surface area (Å²) in [5.74, 6) is -2.86. The van der Waals surface area contributed by atoms with Gasteiger partial charge in [0.15, 0.2) is 5.82 Å². The first-order chi connectivity index (χ1) is 12.5. The van der Waals surface area contributed by atoms with Crippen LogP contribution in [0.3, 0.4) is 0 Å². The van der Waals surface area contributed by atoms with Gasteiger partial charge in [0.2, 0.25) is 5.78 Å². The number of allylic oxidation sites excluding steroid dienone is 1. The predicted octanol–water partition coefficient (Wildman–Crippen LogP) is 2.27.